The van der Waals surface area contributed by atoms with Gasteiger partial charge in [-0.1, -0.05) is 13.8 Å². The van der Waals surface area contributed by atoms with Gasteiger partial charge in [0, 0.05) is 0 Å². The number of hydrogen-bond donors (Lipinski definition) is 1. The van der Waals surface area contributed by atoms with Crippen LogP contribution < -0.4 is 0 Å². The van der Waals surface area contributed by atoms with Gasteiger partial charge in [0.1, 0.15) is 0 Å². The molecular formula is C5H9OSY+2. The van der Waals surface area contributed by atoms with Crippen LogP contribution in [0.1, 0.15) is 13.8 Å². The Morgan fingerprint density at radius 1 is 1.62 bits per heavy atom. The molecule has 0 spiro atoms. The first-order chi connectivity index (χ1) is 3.12. The van der Waals surface area contributed by atoms with Gasteiger partial charge in [0.05, 0.1) is 0 Å². The first kappa shape index (κ1) is 11.9. The fraction of sp³-hybridized carbons (Fsp3) is 0.800. The zero-order valence-electron chi connectivity index (χ0n) is 5.14. The van der Waals surface area contributed by atoms with Crippen LogP contribution in [0.15, 0.2) is 0 Å². The third-order valence-electron chi connectivity index (χ3n) is 0.672. The van der Waals surface area contributed by atoms with Gasteiger partial charge in [-0.05, 0) is 5.75 Å². The molecule has 0 aromatic rings. The van der Waals surface area contributed by atoms with E-state index in [0.29, 0.717) is 5.75 Å². The second kappa shape index (κ2) is 4.95. The van der Waals surface area contributed by atoms with Crippen molar-refractivity contribution in [2.45, 2.75) is 13.8 Å². The van der Waals surface area contributed by atoms with Crippen molar-refractivity contribution < 1.29 is 37.5 Å². The molecule has 42 valence electrons. The minimum atomic E-state index is -0.358. The Balaban J connectivity index is 0. The van der Waals surface area contributed by atoms with Gasteiger partial charge in [0.15, 0.2) is 0 Å². The Labute approximate surface area is 80.9 Å². The molecule has 1 nitrogen and oxygen atoms in total. The largest absolute Gasteiger partial charge is 3.00 e. The van der Waals surface area contributed by atoms with Crippen LogP contribution in [0, 0.1) is 5.41 Å². The van der Waals surface area contributed by atoms with E-state index in [1.54, 1.807) is 13.8 Å². The van der Waals surface area contributed by atoms with Crippen molar-refractivity contribution in [3.63, 3.8) is 0 Å². The minimum Gasteiger partial charge on any atom is -0.541 e. The zero-order valence-corrected chi connectivity index (χ0v) is 8.87. The number of carbonyl (C=O) groups excluding carboxylic acids is 1. The summed E-state index contributed by atoms with van der Waals surface area (Å²) in [4.78, 5) is 9.88. The second-order valence-corrected chi connectivity index (χ2v) is 2.46. The summed E-state index contributed by atoms with van der Waals surface area (Å²) in [5.74, 6) is 0.566. The Morgan fingerprint density at radius 2 is 2.00 bits per heavy atom. The van der Waals surface area contributed by atoms with Crippen LogP contribution in [-0.2, 0) is 37.5 Å². The average molecular weight is 206 g/mol. The molecule has 0 saturated heterocycles. The monoisotopic (exact) mass is 206 g/mol. The van der Waals surface area contributed by atoms with E-state index in [-0.39, 0.29) is 38.1 Å². The molecule has 0 unspecified atom stereocenters. The van der Waals surface area contributed by atoms with Crippen molar-refractivity contribution in [1.82, 2.24) is 0 Å². The van der Waals surface area contributed by atoms with Crippen molar-refractivity contribution in [1.29, 1.82) is 0 Å². The maximum atomic E-state index is 9.88. The summed E-state index contributed by atoms with van der Waals surface area (Å²) >= 11 is 3.92. The summed E-state index contributed by atoms with van der Waals surface area (Å²) in [5.41, 5.74) is -0.358. The van der Waals surface area contributed by atoms with Crippen LogP contribution in [0.4, 0.5) is 0 Å². The average Bonchev–Trinajstić information content (AvgIpc) is 1.68. The molecule has 0 radical (unpaired) electrons. The summed E-state index contributed by atoms with van der Waals surface area (Å²) in [6.45, 7) is 3.60. The van der Waals surface area contributed by atoms with Gasteiger partial charge in [-0.25, -0.2) is 0 Å². The van der Waals surface area contributed by atoms with Crippen LogP contribution in [-0.4, -0.2) is 12.0 Å². The molecule has 0 rings (SSSR count). The maximum absolute atomic E-state index is 9.88. The molecule has 0 atom stereocenters. The number of hydrogen-bond acceptors (Lipinski definition) is 2. The second-order valence-electron chi connectivity index (χ2n) is 2.14. The van der Waals surface area contributed by atoms with Gasteiger partial charge in [0.2, 0.25) is 0 Å². The molecule has 8 heavy (non-hydrogen) atoms. The van der Waals surface area contributed by atoms with Crippen LogP contribution in [0.2, 0.25) is 0 Å². The topological polar surface area (TPSA) is 17.1 Å². The van der Waals surface area contributed by atoms with Crippen LogP contribution in [0.5, 0.6) is 0 Å². The minimum absolute atomic E-state index is 0. The van der Waals surface area contributed by atoms with Crippen molar-refractivity contribution in [3.05, 3.63) is 0 Å². The van der Waals surface area contributed by atoms with E-state index in [4.69, 9.17) is 0 Å². The molecule has 0 aliphatic rings. The van der Waals surface area contributed by atoms with Gasteiger partial charge < -0.3 is 4.79 Å². The summed E-state index contributed by atoms with van der Waals surface area (Å²) in [7, 11) is 0. The molecule has 0 aromatic carbocycles. The fourth-order valence-electron chi connectivity index (χ4n) is 0.0323. The van der Waals surface area contributed by atoms with E-state index >= 15 is 0 Å². The Morgan fingerprint density at radius 3 is 2.00 bits per heavy atom. The third-order valence-corrected chi connectivity index (χ3v) is 1.46. The third kappa shape index (κ3) is 5.26. The quantitative estimate of drug-likeness (QED) is 0.527. The van der Waals surface area contributed by atoms with Gasteiger partial charge in [-0.2, -0.15) is 12.6 Å². The molecule has 0 heterocycles. The fourth-order valence-corrected chi connectivity index (χ4v) is 0.0968. The van der Waals surface area contributed by atoms with Crippen molar-refractivity contribution in [2.75, 3.05) is 5.75 Å². The van der Waals surface area contributed by atoms with E-state index in [0.717, 1.165) is 0 Å². The molecule has 0 bridgehead atoms. The van der Waals surface area contributed by atoms with E-state index in [9.17, 15) is 4.79 Å². The van der Waals surface area contributed by atoms with E-state index in [2.05, 4.69) is 12.6 Å². The van der Waals surface area contributed by atoms with Crippen molar-refractivity contribution >= 4 is 18.9 Å². The molecule has 0 N–H and O–H groups in total. The zero-order chi connectivity index (χ0) is 5.91. The molecule has 0 aromatic heterocycles. The predicted octanol–water partition coefficient (Wildman–Crippen LogP) is 1.05. The molecule has 0 amide bonds. The van der Waals surface area contributed by atoms with Crippen LogP contribution in [0.25, 0.3) is 0 Å². The predicted molar refractivity (Wildman–Crippen MR) is 33.3 cm³/mol. The summed E-state index contributed by atoms with van der Waals surface area (Å²) in [6, 6.07) is 0. The molecule has 0 saturated carbocycles. The van der Waals surface area contributed by atoms with E-state index < -0.39 is 0 Å². The van der Waals surface area contributed by atoms with Crippen molar-refractivity contribution in [2.24, 2.45) is 5.41 Å². The van der Waals surface area contributed by atoms with Crippen LogP contribution >= 0.6 is 12.6 Å². The standard InChI is InChI=1S/C5H9OS.Y/c1-5(2,3-6)4-7;/h7H,4H2,1-2H3;/q-1;+3. The first-order valence-corrected chi connectivity index (χ1v) is 2.76. The first-order valence-electron chi connectivity index (χ1n) is 2.12. The van der Waals surface area contributed by atoms with Crippen molar-refractivity contribution in [3.8, 4) is 0 Å². The molecule has 3 heteroatoms. The normalized spacial score (nSPS) is 9.88. The summed E-state index contributed by atoms with van der Waals surface area (Å²) < 4.78 is 0. The number of rotatable bonds is 2. The maximum Gasteiger partial charge on any atom is 3.00 e. The van der Waals surface area contributed by atoms with Crippen LogP contribution in [0.3, 0.4) is 0 Å². The Kier molecular flexibility index (Phi) is 7.35. The Hall–Kier alpha value is 1.12. The molecular weight excluding hydrogens is 197 g/mol. The molecule has 0 aliphatic carbocycles. The summed E-state index contributed by atoms with van der Waals surface area (Å²) in [5, 5.41) is 0. The summed E-state index contributed by atoms with van der Waals surface area (Å²) in [6.07, 6.45) is 1.86. The van der Waals surface area contributed by atoms with Gasteiger partial charge >= 0.3 is 32.7 Å². The smallest absolute Gasteiger partial charge is 0.541 e. The number of thiol groups is 1. The molecule has 0 fully saturated rings. The van der Waals surface area contributed by atoms with Gasteiger partial charge in [0.25, 0.3) is 0 Å². The Bertz CT molecular complexity index is 72.8. The van der Waals surface area contributed by atoms with E-state index in [1.165, 1.54) is 0 Å². The molecule has 0 aliphatic heterocycles. The van der Waals surface area contributed by atoms with Gasteiger partial charge in [-0.15, -0.1) is 5.41 Å². The SMILES string of the molecule is CC(C)([C-]=O)CS.[Y+3]. The van der Waals surface area contributed by atoms with Gasteiger partial charge in [-0.3, -0.25) is 6.29 Å². The van der Waals surface area contributed by atoms with E-state index in [1.807, 2.05) is 6.29 Å².